The Bertz CT molecular complexity index is 1230. The van der Waals surface area contributed by atoms with Gasteiger partial charge >= 0.3 is 5.97 Å². The third-order valence-electron chi connectivity index (χ3n) is 4.46. The molecule has 0 aliphatic rings. The smallest absolute Gasteiger partial charge is 0.339 e. The van der Waals surface area contributed by atoms with Crippen molar-refractivity contribution in [1.82, 2.24) is 4.57 Å². The second kappa shape index (κ2) is 7.53. The molecule has 0 bridgehead atoms. The number of nitrogens with zero attached hydrogens (tertiary/aromatic N) is 2. The van der Waals surface area contributed by atoms with Crippen LogP contribution in [0, 0.1) is 13.8 Å². The lowest BCUT2D eigenvalue weighted by atomic mass is 10.2. The molecule has 3 aromatic rings. The minimum atomic E-state index is -3.76. The average Bonchev–Trinajstić information content (AvgIpc) is 2.93. The predicted molar refractivity (Wildman–Crippen MR) is 109 cm³/mol. The Hall–Kier alpha value is -3.43. The van der Waals surface area contributed by atoms with Gasteiger partial charge in [-0.1, -0.05) is 0 Å². The number of carbonyl (C=O) groups is 1. The number of nitrogens with two attached hydrogens (primary N) is 1. The lowest BCUT2D eigenvalue weighted by Gasteiger charge is -2.10. The molecular formula is C20H19N3O5S. The fourth-order valence-electron chi connectivity index (χ4n) is 3.02. The van der Waals surface area contributed by atoms with Crippen molar-refractivity contribution in [3.05, 3.63) is 71.0 Å². The molecule has 1 heterocycles. The fourth-order valence-corrected chi connectivity index (χ4v) is 3.54. The van der Waals surface area contributed by atoms with Crippen LogP contribution in [-0.4, -0.2) is 35.4 Å². The number of aryl methyl sites for hydroxylation is 1. The van der Waals surface area contributed by atoms with Gasteiger partial charge in [0.2, 0.25) is 10.0 Å². The van der Waals surface area contributed by atoms with Crippen LogP contribution < -0.4 is 5.14 Å². The summed E-state index contributed by atoms with van der Waals surface area (Å²) in [6.07, 6.45) is 1.61. The highest BCUT2D eigenvalue weighted by Gasteiger charge is 2.13. The molecule has 1 aromatic heterocycles. The molecule has 3 rings (SSSR count). The molecule has 0 amide bonds. The van der Waals surface area contributed by atoms with Gasteiger partial charge in [-0.15, -0.1) is 0 Å². The molecule has 0 spiro atoms. The van der Waals surface area contributed by atoms with E-state index in [2.05, 4.69) is 4.99 Å². The summed E-state index contributed by atoms with van der Waals surface area (Å²) in [6.45, 7) is 3.79. The number of aromatic carboxylic acids is 1. The van der Waals surface area contributed by atoms with Crippen LogP contribution in [-0.2, 0) is 10.0 Å². The van der Waals surface area contributed by atoms with Gasteiger partial charge in [0, 0.05) is 28.9 Å². The van der Waals surface area contributed by atoms with Crippen LogP contribution in [0.1, 0.15) is 27.3 Å². The summed E-state index contributed by atoms with van der Waals surface area (Å²) in [5.74, 6) is -1.56. The minimum absolute atomic E-state index is 0.0343. The zero-order valence-electron chi connectivity index (χ0n) is 15.7. The number of hydrogen-bond acceptors (Lipinski definition) is 5. The Balaban J connectivity index is 1.95. The first kappa shape index (κ1) is 20.3. The zero-order chi connectivity index (χ0) is 21.3. The quantitative estimate of drug-likeness (QED) is 0.553. The summed E-state index contributed by atoms with van der Waals surface area (Å²) < 4.78 is 24.8. The maximum Gasteiger partial charge on any atom is 0.339 e. The molecule has 0 aliphatic carbocycles. The highest BCUT2D eigenvalue weighted by atomic mass is 32.2. The third-order valence-corrected chi connectivity index (χ3v) is 5.39. The normalized spacial score (nSPS) is 11.8. The Morgan fingerprint density at radius 2 is 1.76 bits per heavy atom. The van der Waals surface area contributed by atoms with Gasteiger partial charge in [-0.2, -0.15) is 0 Å². The van der Waals surface area contributed by atoms with Crippen molar-refractivity contribution in [1.29, 1.82) is 0 Å². The Morgan fingerprint density at radius 1 is 1.10 bits per heavy atom. The molecule has 9 heteroatoms. The maximum atomic E-state index is 11.4. The summed E-state index contributed by atoms with van der Waals surface area (Å²) >= 11 is 0. The van der Waals surface area contributed by atoms with Crippen molar-refractivity contribution in [2.45, 2.75) is 18.7 Å². The molecule has 150 valence electrons. The predicted octanol–water partition coefficient (Wildman–Crippen LogP) is 2.90. The van der Waals surface area contributed by atoms with E-state index in [0.717, 1.165) is 22.6 Å². The topological polar surface area (TPSA) is 135 Å². The van der Waals surface area contributed by atoms with Crippen molar-refractivity contribution >= 4 is 27.9 Å². The number of rotatable bonds is 5. The fraction of sp³-hybridized carbons (Fsp3) is 0.100. The van der Waals surface area contributed by atoms with Gasteiger partial charge in [-0.3, -0.25) is 4.99 Å². The van der Waals surface area contributed by atoms with Crippen LogP contribution in [0.25, 0.3) is 5.69 Å². The second-order valence-electron chi connectivity index (χ2n) is 6.47. The molecule has 0 saturated carbocycles. The molecule has 8 nitrogen and oxygen atoms in total. The number of sulfonamides is 1. The first-order valence-corrected chi connectivity index (χ1v) is 10.0. The van der Waals surface area contributed by atoms with Crippen molar-refractivity contribution in [2.24, 2.45) is 10.1 Å². The van der Waals surface area contributed by atoms with Crippen LogP contribution in [0.15, 0.2) is 58.4 Å². The molecule has 0 aliphatic heterocycles. The highest BCUT2D eigenvalue weighted by molar-refractivity contribution is 7.89. The first-order chi connectivity index (χ1) is 13.6. The van der Waals surface area contributed by atoms with Crippen LogP contribution in [0.2, 0.25) is 0 Å². The zero-order valence-corrected chi connectivity index (χ0v) is 16.5. The molecular weight excluding hydrogens is 394 g/mol. The molecule has 0 unspecified atom stereocenters. The molecule has 29 heavy (non-hydrogen) atoms. The van der Waals surface area contributed by atoms with Crippen LogP contribution in [0.5, 0.6) is 5.75 Å². The number of hydrogen-bond donors (Lipinski definition) is 3. The van der Waals surface area contributed by atoms with E-state index in [1.54, 1.807) is 18.3 Å². The van der Waals surface area contributed by atoms with E-state index < -0.39 is 16.0 Å². The van der Waals surface area contributed by atoms with E-state index in [-0.39, 0.29) is 16.2 Å². The number of aliphatic imine (C=N–C) groups is 1. The van der Waals surface area contributed by atoms with Crippen molar-refractivity contribution < 1.29 is 23.4 Å². The largest absolute Gasteiger partial charge is 0.507 e. The number of phenols is 1. The summed E-state index contributed by atoms with van der Waals surface area (Å²) in [5, 5.41) is 23.8. The van der Waals surface area contributed by atoms with Gasteiger partial charge in [-0.05, 0) is 62.4 Å². The van der Waals surface area contributed by atoms with E-state index >= 15 is 0 Å². The van der Waals surface area contributed by atoms with Crippen molar-refractivity contribution in [2.75, 3.05) is 0 Å². The number of primary sulfonamides is 1. The highest BCUT2D eigenvalue weighted by Crippen LogP contribution is 2.25. The van der Waals surface area contributed by atoms with Gasteiger partial charge in [0.1, 0.15) is 11.3 Å². The van der Waals surface area contributed by atoms with Gasteiger partial charge < -0.3 is 14.8 Å². The summed E-state index contributed by atoms with van der Waals surface area (Å²) in [4.78, 5) is 15.5. The number of carboxylic acids is 1. The van der Waals surface area contributed by atoms with E-state index in [1.807, 2.05) is 24.5 Å². The van der Waals surface area contributed by atoms with E-state index in [0.29, 0.717) is 5.69 Å². The van der Waals surface area contributed by atoms with Crippen LogP contribution in [0.3, 0.4) is 0 Å². The number of aromatic nitrogens is 1. The second-order valence-corrected chi connectivity index (χ2v) is 8.03. The SMILES string of the molecule is Cc1cc(C=Nc2ccc(O)c(C(=O)O)c2)c(C)n1-c1ccc(S(N)(=O)=O)cc1. The van der Waals surface area contributed by atoms with Gasteiger partial charge in [0.25, 0.3) is 0 Å². The molecule has 0 radical (unpaired) electrons. The Morgan fingerprint density at radius 3 is 2.34 bits per heavy atom. The van der Waals surface area contributed by atoms with Gasteiger partial charge in [0.05, 0.1) is 10.6 Å². The molecule has 0 fully saturated rings. The standard InChI is InChI=1S/C20H19N3O5S/c1-12-9-14(11-22-15-3-8-19(24)18(10-15)20(25)26)13(2)23(12)16-4-6-17(7-5-16)29(21,27)28/h3-11,24H,1-2H3,(H,25,26)(H2,21,27,28). The van der Waals surface area contributed by atoms with Gasteiger partial charge in [-0.25, -0.2) is 18.4 Å². The number of carboxylic acid groups (broad SMARTS) is 1. The number of aromatic hydroxyl groups is 1. The lowest BCUT2D eigenvalue weighted by Crippen LogP contribution is -2.12. The van der Waals surface area contributed by atoms with E-state index in [9.17, 15) is 18.3 Å². The van der Waals surface area contributed by atoms with Crippen molar-refractivity contribution in [3.8, 4) is 11.4 Å². The minimum Gasteiger partial charge on any atom is -0.507 e. The molecule has 4 N–H and O–H groups in total. The summed E-state index contributed by atoms with van der Waals surface area (Å²) in [7, 11) is -3.76. The lowest BCUT2D eigenvalue weighted by molar-refractivity contribution is 0.0693. The van der Waals surface area contributed by atoms with E-state index in [1.165, 1.54) is 30.3 Å². The maximum absolute atomic E-state index is 11.4. The molecule has 0 saturated heterocycles. The monoisotopic (exact) mass is 413 g/mol. The van der Waals surface area contributed by atoms with Crippen LogP contribution >= 0.6 is 0 Å². The van der Waals surface area contributed by atoms with E-state index in [4.69, 9.17) is 10.2 Å². The van der Waals surface area contributed by atoms with Gasteiger partial charge in [0.15, 0.2) is 0 Å². The Kier molecular flexibility index (Phi) is 5.27. The summed E-state index contributed by atoms with van der Waals surface area (Å²) in [6, 6.07) is 12.2. The number of benzene rings is 2. The Labute approximate surface area is 167 Å². The van der Waals surface area contributed by atoms with Crippen molar-refractivity contribution in [3.63, 3.8) is 0 Å². The average molecular weight is 413 g/mol. The van der Waals surface area contributed by atoms with Crippen LogP contribution in [0.4, 0.5) is 5.69 Å². The molecule has 2 aromatic carbocycles. The third kappa shape index (κ3) is 4.20. The molecule has 0 atom stereocenters. The summed E-state index contributed by atoms with van der Waals surface area (Å²) in [5.41, 5.74) is 3.52. The first-order valence-electron chi connectivity index (χ1n) is 8.50.